The smallest absolute Gasteiger partial charge is 0.306 e. The molecule has 0 amide bonds. The standard InChI is InChI=1S/C14H16F2O2S/c1-18-13(17)7-14(4-5-14)9-19-8-10-2-3-11(15)6-12(10)16/h2-3,6H,4-5,7-9H2,1H3. The van der Waals surface area contributed by atoms with Crippen molar-refractivity contribution in [3.63, 3.8) is 0 Å². The van der Waals surface area contributed by atoms with Gasteiger partial charge in [-0.1, -0.05) is 6.07 Å². The second kappa shape index (κ2) is 5.90. The first kappa shape index (κ1) is 14.3. The molecule has 0 heterocycles. The largest absolute Gasteiger partial charge is 0.469 e. The van der Waals surface area contributed by atoms with Crippen LogP contribution in [0.3, 0.4) is 0 Å². The average molecular weight is 286 g/mol. The lowest BCUT2D eigenvalue weighted by atomic mass is 10.1. The summed E-state index contributed by atoms with van der Waals surface area (Å²) in [6.07, 6.45) is 2.46. The van der Waals surface area contributed by atoms with Crippen molar-refractivity contribution in [1.29, 1.82) is 0 Å². The van der Waals surface area contributed by atoms with Crippen LogP contribution >= 0.6 is 11.8 Å². The SMILES string of the molecule is COC(=O)CC1(CSCc2ccc(F)cc2F)CC1. The van der Waals surface area contributed by atoms with Crippen LogP contribution in [0.25, 0.3) is 0 Å². The van der Waals surface area contributed by atoms with Gasteiger partial charge in [0.15, 0.2) is 0 Å². The van der Waals surface area contributed by atoms with E-state index in [4.69, 9.17) is 0 Å². The van der Waals surface area contributed by atoms with Crippen molar-refractivity contribution in [2.45, 2.75) is 25.0 Å². The van der Waals surface area contributed by atoms with E-state index in [0.717, 1.165) is 24.7 Å². The van der Waals surface area contributed by atoms with Crippen LogP contribution in [0.2, 0.25) is 0 Å². The molecule has 1 fully saturated rings. The maximum atomic E-state index is 13.4. The summed E-state index contributed by atoms with van der Waals surface area (Å²) in [5.41, 5.74) is 0.536. The third-order valence-corrected chi connectivity index (χ3v) is 4.72. The van der Waals surface area contributed by atoms with Crippen LogP contribution in [0.4, 0.5) is 8.78 Å². The van der Waals surface area contributed by atoms with Gasteiger partial charge in [-0.25, -0.2) is 8.78 Å². The molecule has 0 radical (unpaired) electrons. The van der Waals surface area contributed by atoms with Crippen molar-refractivity contribution in [2.24, 2.45) is 5.41 Å². The molecule has 1 aliphatic rings. The van der Waals surface area contributed by atoms with Gasteiger partial charge in [-0.15, -0.1) is 0 Å². The highest BCUT2D eigenvalue weighted by Gasteiger charge is 2.44. The number of hydrogen-bond donors (Lipinski definition) is 0. The monoisotopic (exact) mass is 286 g/mol. The molecule has 104 valence electrons. The van der Waals surface area contributed by atoms with E-state index in [-0.39, 0.29) is 11.4 Å². The van der Waals surface area contributed by atoms with Gasteiger partial charge in [-0.3, -0.25) is 4.79 Å². The molecule has 1 aliphatic carbocycles. The van der Waals surface area contributed by atoms with E-state index < -0.39 is 11.6 Å². The second-order valence-corrected chi connectivity index (χ2v) is 5.97. The lowest BCUT2D eigenvalue weighted by molar-refractivity contribution is -0.141. The fraction of sp³-hybridized carbons (Fsp3) is 0.500. The van der Waals surface area contributed by atoms with Crippen molar-refractivity contribution in [1.82, 2.24) is 0 Å². The zero-order chi connectivity index (χ0) is 13.9. The Kier molecular flexibility index (Phi) is 4.45. The third-order valence-electron chi connectivity index (χ3n) is 3.39. The number of benzene rings is 1. The number of halogens is 2. The minimum absolute atomic E-state index is 0.0360. The van der Waals surface area contributed by atoms with Crippen molar-refractivity contribution < 1.29 is 18.3 Å². The predicted octanol–water partition coefficient (Wildman–Crippen LogP) is 3.54. The second-order valence-electron chi connectivity index (χ2n) is 4.98. The summed E-state index contributed by atoms with van der Waals surface area (Å²) in [6, 6.07) is 3.63. The number of ether oxygens (including phenoxy) is 1. The molecule has 1 aromatic rings. The molecular weight excluding hydrogens is 270 g/mol. The van der Waals surface area contributed by atoms with Crippen LogP contribution in [-0.2, 0) is 15.3 Å². The molecule has 0 N–H and O–H groups in total. The van der Waals surface area contributed by atoms with Gasteiger partial charge < -0.3 is 4.74 Å². The summed E-state index contributed by atoms with van der Waals surface area (Å²) in [7, 11) is 1.39. The Morgan fingerprint density at radius 3 is 2.74 bits per heavy atom. The molecule has 0 bridgehead atoms. The van der Waals surface area contributed by atoms with Crippen LogP contribution in [0.1, 0.15) is 24.8 Å². The van der Waals surface area contributed by atoms with Crippen LogP contribution in [0.5, 0.6) is 0 Å². The van der Waals surface area contributed by atoms with Gasteiger partial charge in [0.2, 0.25) is 0 Å². The van der Waals surface area contributed by atoms with Crippen molar-refractivity contribution in [3.8, 4) is 0 Å². The third kappa shape index (κ3) is 3.93. The van der Waals surface area contributed by atoms with Gasteiger partial charge in [-0.05, 0) is 35.6 Å². The fourth-order valence-electron chi connectivity index (χ4n) is 1.94. The zero-order valence-corrected chi connectivity index (χ0v) is 11.6. The van der Waals surface area contributed by atoms with Crippen molar-refractivity contribution >= 4 is 17.7 Å². The summed E-state index contributed by atoms with van der Waals surface area (Å²) in [5, 5.41) is 0. The minimum atomic E-state index is -0.560. The summed E-state index contributed by atoms with van der Waals surface area (Å²) in [5.74, 6) is 0.0421. The van der Waals surface area contributed by atoms with Gasteiger partial charge in [0, 0.05) is 11.8 Å². The van der Waals surface area contributed by atoms with E-state index in [9.17, 15) is 13.6 Å². The Morgan fingerprint density at radius 2 is 2.16 bits per heavy atom. The summed E-state index contributed by atoms with van der Waals surface area (Å²) in [4.78, 5) is 11.3. The molecule has 0 aromatic heterocycles. The molecule has 0 saturated heterocycles. The van der Waals surface area contributed by atoms with E-state index >= 15 is 0 Å². The van der Waals surface area contributed by atoms with E-state index in [1.165, 1.54) is 19.2 Å². The quantitative estimate of drug-likeness (QED) is 0.748. The number of thioether (sulfide) groups is 1. The molecular formula is C14H16F2O2S. The maximum Gasteiger partial charge on any atom is 0.306 e. The first-order valence-corrected chi connectivity index (χ1v) is 7.29. The molecule has 5 heteroatoms. The molecule has 2 rings (SSSR count). The lowest BCUT2D eigenvalue weighted by Gasteiger charge is -2.13. The Morgan fingerprint density at radius 1 is 1.42 bits per heavy atom. The van der Waals surface area contributed by atoms with E-state index in [1.54, 1.807) is 11.8 Å². The van der Waals surface area contributed by atoms with Gasteiger partial charge >= 0.3 is 5.97 Å². The zero-order valence-electron chi connectivity index (χ0n) is 10.7. The van der Waals surface area contributed by atoms with Gasteiger partial charge in [0.05, 0.1) is 13.5 Å². The predicted molar refractivity (Wildman–Crippen MR) is 70.8 cm³/mol. The first-order valence-electron chi connectivity index (χ1n) is 6.13. The topological polar surface area (TPSA) is 26.3 Å². The van der Waals surface area contributed by atoms with E-state index in [2.05, 4.69) is 4.74 Å². The van der Waals surface area contributed by atoms with Crippen LogP contribution in [0, 0.1) is 17.0 Å². The van der Waals surface area contributed by atoms with Crippen molar-refractivity contribution in [3.05, 3.63) is 35.4 Å². The Hall–Kier alpha value is -1.10. The summed E-state index contributed by atoms with van der Waals surface area (Å²) < 4.78 is 30.8. The van der Waals surface area contributed by atoms with E-state index in [1.807, 2.05) is 0 Å². The van der Waals surface area contributed by atoms with E-state index in [0.29, 0.717) is 17.7 Å². The van der Waals surface area contributed by atoms with Crippen molar-refractivity contribution in [2.75, 3.05) is 12.9 Å². The fourth-order valence-corrected chi connectivity index (χ4v) is 3.32. The van der Waals surface area contributed by atoms with Gasteiger partial charge in [0.25, 0.3) is 0 Å². The first-order chi connectivity index (χ1) is 9.04. The molecule has 0 aliphatic heterocycles. The highest BCUT2D eigenvalue weighted by molar-refractivity contribution is 7.98. The molecule has 19 heavy (non-hydrogen) atoms. The molecule has 2 nitrogen and oxygen atoms in total. The minimum Gasteiger partial charge on any atom is -0.469 e. The highest BCUT2D eigenvalue weighted by Crippen LogP contribution is 2.51. The Labute approximate surface area is 115 Å². The van der Waals surface area contributed by atoms with Crippen LogP contribution < -0.4 is 0 Å². The number of methoxy groups -OCH3 is 1. The number of rotatable bonds is 6. The number of esters is 1. The molecule has 0 unspecified atom stereocenters. The number of carbonyl (C=O) groups excluding carboxylic acids is 1. The molecule has 1 aromatic carbocycles. The van der Waals surface area contributed by atoms with Crippen LogP contribution in [-0.4, -0.2) is 18.8 Å². The number of carbonyl (C=O) groups is 1. The normalized spacial score (nSPS) is 16.2. The van der Waals surface area contributed by atoms with Crippen LogP contribution in [0.15, 0.2) is 18.2 Å². The molecule has 0 atom stereocenters. The average Bonchev–Trinajstić information content (AvgIpc) is 3.12. The highest BCUT2D eigenvalue weighted by atomic mass is 32.2. The number of hydrogen-bond acceptors (Lipinski definition) is 3. The molecule has 0 spiro atoms. The Bertz CT molecular complexity index is 473. The Balaban J connectivity index is 1.82. The maximum absolute atomic E-state index is 13.4. The van der Waals surface area contributed by atoms with Gasteiger partial charge in [-0.2, -0.15) is 11.8 Å². The lowest BCUT2D eigenvalue weighted by Crippen LogP contribution is -2.13. The van der Waals surface area contributed by atoms with Gasteiger partial charge in [0.1, 0.15) is 11.6 Å². The summed E-state index contributed by atoms with van der Waals surface area (Å²) >= 11 is 1.58. The molecule has 1 saturated carbocycles. The summed E-state index contributed by atoms with van der Waals surface area (Å²) in [6.45, 7) is 0.